The highest BCUT2D eigenvalue weighted by atomic mass is 19.1. The molecular formula is C27H35F. The maximum absolute atomic E-state index is 15.0. The first-order valence-corrected chi connectivity index (χ1v) is 11.5. The number of hydrogen-bond donors (Lipinski definition) is 0. The molecule has 2 fully saturated rings. The van der Waals surface area contributed by atoms with Crippen molar-refractivity contribution in [3.8, 4) is 0 Å². The van der Waals surface area contributed by atoms with Crippen LogP contribution in [0.25, 0.3) is 10.8 Å². The van der Waals surface area contributed by atoms with Crippen molar-refractivity contribution in [1.82, 2.24) is 0 Å². The molecule has 0 N–H and O–H groups in total. The molecule has 4 atom stereocenters. The van der Waals surface area contributed by atoms with E-state index in [1.165, 1.54) is 62.5 Å². The van der Waals surface area contributed by atoms with Crippen LogP contribution in [-0.2, 0) is 6.42 Å². The van der Waals surface area contributed by atoms with Crippen molar-refractivity contribution in [2.45, 2.75) is 77.0 Å². The van der Waals surface area contributed by atoms with Gasteiger partial charge in [0.2, 0.25) is 0 Å². The fraction of sp³-hybridized carbons (Fsp3) is 0.556. The second-order valence-corrected chi connectivity index (χ2v) is 9.38. The summed E-state index contributed by atoms with van der Waals surface area (Å²) in [7, 11) is 0. The van der Waals surface area contributed by atoms with Gasteiger partial charge in [-0.25, -0.2) is 4.39 Å². The van der Waals surface area contributed by atoms with Crippen molar-refractivity contribution < 1.29 is 4.39 Å². The predicted octanol–water partition coefficient (Wildman–Crippen LogP) is 8.20. The average Bonchev–Trinajstić information content (AvgIpc) is 2.72. The standard InChI is InChI=1S/C27H35F/c1-3-5-7-20-9-11-24-17-25(18-27(28)26(24)15-20)23-13-12-21-14-19(6-4-2)8-10-22(21)16-23/h3,9,11,15,17-19,21-23H,1,4-8,10,12-14,16H2,2H3. The van der Waals surface area contributed by atoms with Gasteiger partial charge in [0.1, 0.15) is 5.82 Å². The van der Waals surface area contributed by atoms with E-state index in [1.54, 1.807) is 0 Å². The smallest absolute Gasteiger partial charge is 0.131 e. The Balaban J connectivity index is 1.50. The SMILES string of the molecule is C=CCCc1ccc2cc(C3CCC4CC(CCC)CCC4C3)cc(F)c2c1. The van der Waals surface area contributed by atoms with E-state index in [1.807, 2.05) is 18.2 Å². The summed E-state index contributed by atoms with van der Waals surface area (Å²) in [6, 6.07) is 10.4. The van der Waals surface area contributed by atoms with E-state index >= 15 is 0 Å². The monoisotopic (exact) mass is 378 g/mol. The van der Waals surface area contributed by atoms with Crippen LogP contribution in [0.3, 0.4) is 0 Å². The van der Waals surface area contributed by atoms with Gasteiger partial charge in [0.15, 0.2) is 0 Å². The summed E-state index contributed by atoms with van der Waals surface area (Å²) in [5.74, 6) is 3.27. The summed E-state index contributed by atoms with van der Waals surface area (Å²) in [6.45, 7) is 6.11. The molecule has 0 spiro atoms. The minimum atomic E-state index is -0.0401. The topological polar surface area (TPSA) is 0 Å². The number of aryl methyl sites for hydroxylation is 1. The van der Waals surface area contributed by atoms with Gasteiger partial charge in [0.05, 0.1) is 0 Å². The van der Waals surface area contributed by atoms with Gasteiger partial charge in [-0.2, -0.15) is 0 Å². The third-order valence-electron chi connectivity index (χ3n) is 7.52. The van der Waals surface area contributed by atoms with Crippen LogP contribution in [0.5, 0.6) is 0 Å². The van der Waals surface area contributed by atoms with Crippen molar-refractivity contribution in [3.05, 3.63) is 59.9 Å². The molecule has 28 heavy (non-hydrogen) atoms. The molecule has 0 bridgehead atoms. The summed E-state index contributed by atoms with van der Waals surface area (Å²) in [5, 5.41) is 1.84. The molecule has 2 aliphatic carbocycles. The molecule has 0 saturated heterocycles. The molecule has 0 aromatic heterocycles. The van der Waals surface area contributed by atoms with Crippen molar-refractivity contribution in [2.75, 3.05) is 0 Å². The van der Waals surface area contributed by atoms with Gasteiger partial charge in [-0.3, -0.25) is 0 Å². The summed E-state index contributed by atoms with van der Waals surface area (Å²) in [6.07, 6.45) is 14.7. The lowest BCUT2D eigenvalue weighted by Crippen LogP contribution is -2.30. The average molecular weight is 379 g/mol. The molecule has 0 aliphatic heterocycles. The van der Waals surface area contributed by atoms with E-state index in [9.17, 15) is 4.39 Å². The highest BCUT2D eigenvalue weighted by Crippen LogP contribution is 2.48. The lowest BCUT2D eigenvalue weighted by molar-refractivity contribution is 0.114. The van der Waals surface area contributed by atoms with Gasteiger partial charge in [0.25, 0.3) is 0 Å². The highest BCUT2D eigenvalue weighted by molar-refractivity contribution is 5.84. The maximum Gasteiger partial charge on any atom is 0.131 e. The van der Waals surface area contributed by atoms with Crippen LogP contribution in [0.2, 0.25) is 0 Å². The van der Waals surface area contributed by atoms with E-state index < -0.39 is 0 Å². The van der Waals surface area contributed by atoms with Crippen molar-refractivity contribution in [3.63, 3.8) is 0 Å². The molecule has 150 valence electrons. The van der Waals surface area contributed by atoms with Crippen LogP contribution in [0.15, 0.2) is 43.0 Å². The molecule has 0 radical (unpaired) electrons. The zero-order valence-corrected chi connectivity index (χ0v) is 17.4. The van der Waals surface area contributed by atoms with Gasteiger partial charge in [-0.1, -0.05) is 50.5 Å². The fourth-order valence-electron chi connectivity index (χ4n) is 6.00. The van der Waals surface area contributed by atoms with E-state index in [0.29, 0.717) is 5.92 Å². The lowest BCUT2D eigenvalue weighted by Gasteiger charge is -2.42. The van der Waals surface area contributed by atoms with Crippen LogP contribution in [-0.4, -0.2) is 0 Å². The van der Waals surface area contributed by atoms with Crippen LogP contribution >= 0.6 is 0 Å². The van der Waals surface area contributed by atoms with E-state index in [-0.39, 0.29) is 5.82 Å². The Kier molecular flexibility index (Phi) is 6.19. The van der Waals surface area contributed by atoms with Gasteiger partial charge in [-0.05, 0) is 97.3 Å². The molecule has 4 unspecified atom stereocenters. The Labute approximate surface area is 170 Å². The normalized spacial score (nSPS) is 27.5. The second-order valence-electron chi connectivity index (χ2n) is 9.38. The Morgan fingerprint density at radius 1 is 1.04 bits per heavy atom. The first-order valence-electron chi connectivity index (χ1n) is 11.5. The number of allylic oxidation sites excluding steroid dienone is 1. The third-order valence-corrected chi connectivity index (χ3v) is 7.52. The minimum absolute atomic E-state index is 0.0401. The maximum atomic E-state index is 15.0. The summed E-state index contributed by atoms with van der Waals surface area (Å²) in [5.41, 5.74) is 2.43. The molecule has 2 aliphatic rings. The molecule has 2 saturated carbocycles. The predicted molar refractivity (Wildman–Crippen MR) is 118 cm³/mol. The second kappa shape index (κ2) is 8.80. The third kappa shape index (κ3) is 4.19. The molecule has 0 amide bonds. The van der Waals surface area contributed by atoms with Crippen LogP contribution in [0.1, 0.15) is 81.8 Å². The van der Waals surface area contributed by atoms with Crippen molar-refractivity contribution in [1.29, 1.82) is 0 Å². The number of rotatable bonds is 6. The summed E-state index contributed by atoms with van der Waals surface area (Å²) < 4.78 is 15.0. The molecular weight excluding hydrogens is 343 g/mol. The first-order chi connectivity index (χ1) is 13.7. The Morgan fingerprint density at radius 2 is 1.86 bits per heavy atom. The van der Waals surface area contributed by atoms with Gasteiger partial charge in [-0.15, -0.1) is 6.58 Å². The van der Waals surface area contributed by atoms with Crippen LogP contribution in [0.4, 0.5) is 4.39 Å². The van der Waals surface area contributed by atoms with E-state index in [0.717, 1.165) is 41.4 Å². The van der Waals surface area contributed by atoms with Gasteiger partial charge < -0.3 is 0 Å². The van der Waals surface area contributed by atoms with E-state index in [2.05, 4.69) is 31.7 Å². The molecule has 2 aromatic rings. The largest absolute Gasteiger partial charge is 0.206 e. The Hall–Kier alpha value is -1.63. The number of halogens is 1. The molecule has 2 aromatic carbocycles. The molecule has 4 rings (SSSR count). The van der Waals surface area contributed by atoms with Gasteiger partial charge in [0, 0.05) is 5.39 Å². The summed E-state index contributed by atoms with van der Waals surface area (Å²) in [4.78, 5) is 0. The fourth-order valence-corrected chi connectivity index (χ4v) is 6.00. The minimum Gasteiger partial charge on any atom is -0.206 e. The van der Waals surface area contributed by atoms with Crippen LogP contribution in [0, 0.1) is 23.6 Å². The Bertz CT molecular complexity index is 820. The van der Waals surface area contributed by atoms with Gasteiger partial charge >= 0.3 is 0 Å². The highest BCUT2D eigenvalue weighted by Gasteiger charge is 2.35. The molecule has 0 nitrogen and oxygen atoms in total. The zero-order chi connectivity index (χ0) is 19.5. The summed E-state index contributed by atoms with van der Waals surface area (Å²) >= 11 is 0. The quantitative estimate of drug-likeness (QED) is 0.444. The molecule has 1 heteroatoms. The Morgan fingerprint density at radius 3 is 2.68 bits per heavy atom. The number of benzene rings is 2. The van der Waals surface area contributed by atoms with E-state index in [4.69, 9.17) is 0 Å². The lowest BCUT2D eigenvalue weighted by atomic mass is 9.63. The van der Waals surface area contributed by atoms with Crippen molar-refractivity contribution >= 4 is 10.8 Å². The van der Waals surface area contributed by atoms with Crippen molar-refractivity contribution in [2.24, 2.45) is 17.8 Å². The van der Waals surface area contributed by atoms with Crippen LogP contribution < -0.4 is 0 Å². The number of fused-ring (bicyclic) bond motifs is 2. The molecule has 0 heterocycles. The first kappa shape index (κ1) is 19.7. The number of hydrogen-bond acceptors (Lipinski definition) is 0. The zero-order valence-electron chi connectivity index (χ0n) is 17.4.